The van der Waals surface area contributed by atoms with Crippen molar-refractivity contribution in [2.45, 2.75) is 73.1 Å². The standard InChI is InChI=1S/C21H25.C8H11.2C7H5Cl.2ClH.Zr/c1-20(2,3)16-7-9-18-14(12-16)11-15-13-17(21(4,5)6)8-10-19(15)18;1-6-4-7(2)8(3)5-6;2*1-6-2-4-7(8)5-3-6;;;/h7-13H,1-6H3;4,6H,1-3H3;2*1-5H;2*1H;/q2*-1;;;;;/p-2. The molecule has 0 N–H and O–H groups in total. The van der Waals surface area contributed by atoms with Gasteiger partial charge in [-0.15, -0.1) is 46.7 Å². The molecule has 0 fully saturated rings. The van der Waals surface area contributed by atoms with Crippen LogP contribution in [0, 0.1) is 12.0 Å². The molecule has 0 spiro atoms. The molecule has 5 heteroatoms. The first kappa shape index (κ1) is 42.2. The third-order valence-corrected chi connectivity index (χ3v) is 11.2. The summed E-state index contributed by atoms with van der Waals surface area (Å²) in [6.07, 6.45) is 5.52. The minimum atomic E-state index is -0.623. The van der Waals surface area contributed by atoms with Crippen LogP contribution in [0.1, 0.15) is 84.6 Å². The summed E-state index contributed by atoms with van der Waals surface area (Å²) >= 11 is 11.0. The monoisotopic (exact) mass is 792 g/mol. The van der Waals surface area contributed by atoms with Crippen molar-refractivity contribution < 1.29 is 47.1 Å². The Bertz CT molecular complexity index is 1780. The summed E-state index contributed by atoms with van der Waals surface area (Å²) in [5.41, 5.74) is 8.43. The number of halogens is 4. The second-order valence-electron chi connectivity index (χ2n) is 14.2. The predicted octanol–water partition coefficient (Wildman–Crippen LogP) is 6.72. The summed E-state index contributed by atoms with van der Waals surface area (Å²) in [4.78, 5) is 0. The van der Waals surface area contributed by atoms with Crippen molar-refractivity contribution in [3.63, 3.8) is 0 Å². The van der Waals surface area contributed by atoms with Gasteiger partial charge in [0, 0.05) is 0 Å². The quantitative estimate of drug-likeness (QED) is 0.174. The molecule has 1 unspecified atom stereocenters. The number of hydrogen-bond acceptors (Lipinski definition) is 0. The first-order chi connectivity index (χ1) is 21.6. The van der Waals surface area contributed by atoms with Gasteiger partial charge in [0.2, 0.25) is 0 Å². The van der Waals surface area contributed by atoms with Crippen molar-refractivity contribution in [1.82, 2.24) is 0 Å². The van der Waals surface area contributed by atoms with Gasteiger partial charge >= 0.3 is 123 Å². The Morgan fingerprint density at radius 3 is 1.33 bits per heavy atom. The summed E-state index contributed by atoms with van der Waals surface area (Å²) in [7, 11) is 0. The Morgan fingerprint density at radius 1 is 0.646 bits per heavy atom. The number of rotatable bonds is 2. The molecule has 0 aliphatic heterocycles. The molecule has 1 atom stereocenters. The predicted molar refractivity (Wildman–Crippen MR) is 203 cm³/mol. The van der Waals surface area contributed by atoms with E-state index in [0.29, 0.717) is 5.92 Å². The van der Waals surface area contributed by atoms with E-state index in [1.54, 1.807) is 0 Å². The van der Waals surface area contributed by atoms with Gasteiger partial charge in [-0.3, -0.25) is 6.08 Å². The zero-order valence-electron chi connectivity index (χ0n) is 29.5. The fourth-order valence-electron chi connectivity index (χ4n) is 5.30. The van der Waals surface area contributed by atoms with E-state index in [-0.39, 0.29) is 35.6 Å². The van der Waals surface area contributed by atoms with Gasteiger partial charge in [-0.25, -0.2) is 11.1 Å². The molecular weight excluding hydrogens is 750 g/mol. The first-order valence-electron chi connectivity index (χ1n) is 16.0. The van der Waals surface area contributed by atoms with Gasteiger partial charge in [-0.05, 0) is 10.8 Å². The molecule has 0 bridgehead atoms. The average Bonchev–Trinajstić information content (AvgIpc) is 3.51. The van der Waals surface area contributed by atoms with Crippen LogP contribution in [0.25, 0.3) is 21.5 Å². The number of allylic oxidation sites excluding steroid dienone is 4. The first-order valence-corrected chi connectivity index (χ1v) is 19.6. The van der Waals surface area contributed by atoms with Crippen molar-refractivity contribution in [2.75, 3.05) is 0 Å². The van der Waals surface area contributed by atoms with Gasteiger partial charge in [0.05, 0.1) is 0 Å². The third kappa shape index (κ3) is 12.1. The van der Waals surface area contributed by atoms with Gasteiger partial charge < -0.3 is 24.8 Å². The summed E-state index contributed by atoms with van der Waals surface area (Å²) < 4.78 is 4.66. The molecule has 6 rings (SSSR count). The van der Waals surface area contributed by atoms with Crippen molar-refractivity contribution in [3.8, 4) is 0 Å². The molecule has 254 valence electrons. The van der Waals surface area contributed by atoms with E-state index >= 15 is 0 Å². The molecule has 0 saturated carbocycles. The molecule has 0 saturated heterocycles. The van der Waals surface area contributed by atoms with Crippen LogP contribution in [-0.4, -0.2) is 7.42 Å². The summed E-state index contributed by atoms with van der Waals surface area (Å²) in [6.45, 7) is 20.0. The van der Waals surface area contributed by atoms with Crippen molar-refractivity contribution >= 4 is 52.2 Å². The Hall–Kier alpha value is -1.99. The smallest absolute Gasteiger partial charge is 1.00 e. The fourth-order valence-corrected chi connectivity index (χ4v) is 7.65. The van der Waals surface area contributed by atoms with Crippen molar-refractivity contribution in [1.29, 1.82) is 0 Å². The second-order valence-corrected chi connectivity index (χ2v) is 17.3. The number of hydrogen-bond donors (Lipinski definition) is 0. The number of fused-ring (bicyclic) bond motifs is 3. The zero-order valence-corrected chi connectivity index (χ0v) is 35.0. The largest absolute Gasteiger partial charge is 1.00 e. The molecule has 5 aromatic carbocycles. The van der Waals surface area contributed by atoms with Gasteiger partial charge in [-0.1, -0.05) is 96.7 Å². The van der Waals surface area contributed by atoms with E-state index in [9.17, 15) is 0 Å². The third-order valence-electron chi connectivity index (χ3n) is 8.21. The van der Waals surface area contributed by atoms with Crippen LogP contribution in [0.4, 0.5) is 0 Å². The topological polar surface area (TPSA) is 0 Å². The van der Waals surface area contributed by atoms with E-state index in [4.69, 9.17) is 23.2 Å². The normalized spacial score (nSPS) is 13.8. The molecule has 0 heterocycles. The Kier molecular flexibility index (Phi) is 16.1. The fraction of sp³-hybridized carbons (Fsp3) is 0.279. The van der Waals surface area contributed by atoms with Crippen LogP contribution in [-0.2, 0) is 33.1 Å². The molecule has 5 aromatic rings. The van der Waals surface area contributed by atoms with E-state index in [2.05, 4.69) is 149 Å². The molecule has 1 aliphatic rings. The summed E-state index contributed by atoms with van der Waals surface area (Å²) in [6, 6.07) is 32.1. The van der Waals surface area contributed by atoms with Gasteiger partial charge in [0.25, 0.3) is 0 Å². The Balaban J connectivity index is 0.000000267. The number of benzene rings is 4. The maximum Gasteiger partial charge on any atom is -1.00 e. The van der Waals surface area contributed by atoms with E-state index in [1.807, 2.05) is 24.3 Å². The van der Waals surface area contributed by atoms with Gasteiger partial charge in [-0.2, -0.15) is 6.08 Å². The van der Waals surface area contributed by atoms with E-state index < -0.39 is 22.3 Å². The molecule has 0 radical (unpaired) electrons. The Labute approximate surface area is 322 Å². The van der Waals surface area contributed by atoms with Crippen LogP contribution in [0.3, 0.4) is 0 Å². The molecular formula is C43H46Cl4Zr-4. The molecule has 0 amide bonds. The van der Waals surface area contributed by atoms with Crippen LogP contribution in [0.5, 0.6) is 0 Å². The van der Waals surface area contributed by atoms with E-state index in [0.717, 1.165) is 10.0 Å². The Morgan fingerprint density at radius 2 is 1.04 bits per heavy atom. The van der Waals surface area contributed by atoms with Crippen LogP contribution in [0.2, 0.25) is 10.0 Å². The van der Waals surface area contributed by atoms with Crippen molar-refractivity contribution in [2.24, 2.45) is 5.92 Å². The maximum absolute atomic E-state index is 5.84. The van der Waals surface area contributed by atoms with Gasteiger partial charge in [0.1, 0.15) is 0 Å². The van der Waals surface area contributed by atoms with Gasteiger partial charge in [0.15, 0.2) is 0 Å². The minimum Gasteiger partial charge on any atom is -1.00 e. The molecule has 1 aliphatic carbocycles. The van der Waals surface area contributed by atoms with E-state index in [1.165, 1.54) is 54.9 Å². The average molecular weight is 796 g/mol. The molecule has 0 nitrogen and oxygen atoms in total. The van der Waals surface area contributed by atoms with Crippen LogP contribution >= 0.6 is 23.2 Å². The molecule has 48 heavy (non-hydrogen) atoms. The summed E-state index contributed by atoms with van der Waals surface area (Å²) in [5, 5.41) is 7.05. The minimum absolute atomic E-state index is 0. The van der Waals surface area contributed by atoms with Crippen molar-refractivity contribution in [3.05, 3.63) is 147 Å². The van der Waals surface area contributed by atoms with Crippen LogP contribution < -0.4 is 24.8 Å². The second kappa shape index (κ2) is 18.3. The SMILES string of the molecule is CC(C)(C)c1ccc2c(c1)[cH-]c1cc(C(C)(C)C)ccc12.CC1=[C-]C(C)C=C1C.Clc1ccc([CH]=[Zr]=[CH]c2ccc(Cl)cc2)cc1.[Cl-].[Cl-]. The van der Waals surface area contributed by atoms with Crippen LogP contribution in [0.15, 0.2) is 108 Å². The molecule has 0 aromatic heterocycles. The summed E-state index contributed by atoms with van der Waals surface area (Å²) in [5.74, 6) is 0.551. The zero-order chi connectivity index (χ0) is 33.6. The maximum atomic E-state index is 5.84.